The van der Waals surface area contributed by atoms with Crippen LogP contribution in [0, 0.1) is 20.8 Å². The Morgan fingerprint density at radius 2 is 1.89 bits per heavy atom. The molecule has 0 fully saturated rings. The van der Waals surface area contributed by atoms with E-state index in [-0.39, 0.29) is 0 Å². The van der Waals surface area contributed by atoms with Crippen LogP contribution in [-0.4, -0.2) is 23.9 Å². The van der Waals surface area contributed by atoms with E-state index in [1.807, 2.05) is 19.9 Å². The Morgan fingerprint density at radius 1 is 1.28 bits per heavy atom. The number of hydrogen-bond donors (Lipinski definition) is 2. The molecule has 0 aromatic heterocycles. The average molecular weight is 414 g/mol. The van der Waals surface area contributed by atoms with Gasteiger partial charge in [0.15, 0.2) is 0 Å². The van der Waals surface area contributed by atoms with E-state index in [1.165, 1.54) is 16.4 Å². The topological polar surface area (TPSA) is 48.8 Å². The minimum absolute atomic E-state index is 0.301. The van der Waals surface area contributed by atoms with Crippen LogP contribution in [0.5, 0.6) is 0 Å². The van der Waals surface area contributed by atoms with Gasteiger partial charge >= 0.3 is 121 Å². The maximum absolute atomic E-state index is 7.45. The Labute approximate surface area is 120 Å². The molecule has 5 heteroatoms. The zero-order chi connectivity index (χ0) is 14.6. The predicted molar refractivity (Wildman–Crippen MR) is 73.4 cm³/mol. The van der Waals surface area contributed by atoms with E-state index in [4.69, 9.17) is 8.13 Å². The van der Waals surface area contributed by atoms with Gasteiger partial charge < -0.3 is 0 Å². The van der Waals surface area contributed by atoms with E-state index in [2.05, 4.69) is 28.3 Å². The molecule has 1 aromatic carbocycles. The van der Waals surface area contributed by atoms with E-state index in [0.29, 0.717) is 10.1 Å². The van der Waals surface area contributed by atoms with Crippen molar-refractivity contribution in [1.29, 1.82) is 0 Å². The van der Waals surface area contributed by atoms with Crippen LogP contribution in [0.25, 0.3) is 0 Å². The van der Waals surface area contributed by atoms with Crippen LogP contribution in [0.15, 0.2) is 22.1 Å². The summed E-state index contributed by atoms with van der Waals surface area (Å²) in [6.07, 6.45) is 0. The molecule has 2 N–H and O–H groups in total. The molecule has 0 aliphatic heterocycles. The fraction of sp³-hybridized carbons (Fsp3) is 0.308. The second-order valence-corrected chi connectivity index (χ2v) is 5.33. The molecular weight excluding hydrogens is 396 g/mol. The number of guanidine groups is 1. The molecule has 0 bridgehead atoms. The molecule has 0 aliphatic rings. The predicted octanol–water partition coefficient (Wildman–Crippen LogP) is 1.62. The Kier molecular flexibility index (Phi) is 4.97. The van der Waals surface area contributed by atoms with Gasteiger partial charge in [0, 0.05) is 0 Å². The molecule has 1 aromatic rings. The van der Waals surface area contributed by atoms with E-state index in [0.717, 1.165) is 30.6 Å². The average Bonchev–Trinajstić information content (AvgIpc) is 2.34. The van der Waals surface area contributed by atoms with Crippen molar-refractivity contribution in [2.24, 2.45) is 9.98 Å². The molecule has 0 saturated heterocycles. The maximum atomic E-state index is 7.45. The number of aryl methyl sites for hydroxylation is 3. The van der Waals surface area contributed by atoms with Crippen molar-refractivity contribution in [3.05, 3.63) is 28.8 Å². The summed E-state index contributed by atoms with van der Waals surface area (Å²) in [5, 5.41) is 4.15. The van der Waals surface area contributed by atoms with Crippen LogP contribution in [-0.2, 0) is 19.4 Å². The number of nitrogens with one attached hydrogen (secondary N) is 2. The van der Waals surface area contributed by atoms with Crippen molar-refractivity contribution >= 4 is 22.5 Å². The molecule has 0 unspecified atom stereocenters. The van der Waals surface area contributed by atoms with E-state index < -0.39 is 0 Å². The molecule has 0 heterocycles. The zero-order valence-corrected chi connectivity index (χ0v) is 13.9. The third kappa shape index (κ3) is 3.97. The first-order valence-electron chi connectivity index (χ1n) is 5.91. The van der Waals surface area contributed by atoms with Crippen molar-refractivity contribution < 1.29 is 20.8 Å². The first-order valence-corrected chi connectivity index (χ1v) is 6.93. The van der Waals surface area contributed by atoms with Gasteiger partial charge in [0.1, 0.15) is 0 Å². The van der Waals surface area contributed by atoms with E-state index in [1.54, 1.807) is 7.05 Å². The molecule has 0 radical (unpaired) electrons. The van der Waals surface area contributed by atoms with Crippen molar-refractivity contribution in [1.82, 2.24) is 10.6 Å². The summed E-state index contributed by atoms with van der Waals surface area (Å²) in [4.78, 5) is 8.02. The van der Waals surface area contributed by atoms with Gasteiger partial charge in [-0.1, -0.05) is 0 Å². The molecule has 0 saturated carbocycles. The molecule has 0 spiro atoms. The van der Waals surface area contributed by atoms with Gasteiger partial charge in [0.25, 0.3) is 0 Å². The molecular formula is C13H17N4W-. The van der Waals surface area contributed by atoms with Crippen LogP contribution >= 0.6 is 0 Å². The van der Waals surface area contributed by atoms with Gasteiger partial charge in [-0.25, -0.2) is 0 Å². The summed E-state index contributed by atoms with van der Waals surface area (Å²) in [6.45, 7) is 11.4. The number of nitrogens with zero attached hydrogens (tertiary/aromatic N) is 2. The second-order valence-electron chi connectivity index (χ2n) is 3.94. The fourth-order valence-electron chi connectivity index (χ4n) is 1.42. The Balaban J connectivity index is 3.08. The Morgan fingerprint density at radius 3 is 2.44 bits per heavy atom. The molecule has 0 atom stereocenters. The molecule has 4 nitrogen and oxygen atoms in total. The number of aliphatic imine (C=N–C) groups is 2. The van der Waals surface area contributed by atoms with Gasteiger partial charge in [0.05, 0.1) is 0 Å². The van der Waals surface area contributed by atoms with E-state index >= 15 is 0 Å². The quantitative estimate of drug-likeness (QED) is 0.449. The fourth-order valence-corrected chi connectivity index (χ4v) is 1.75. The van der Waals surface area contributed by atoms with Gasteiger partial charge in [-0.3, -0.25) is 0 Å². The summed E-state index contributed by atoms with van der Waals surface area (Å²) >= 11 is 1.11. The summed E-state index contributed by atoms with van der Waals surface area (Å²) in [7, 11) is 1.63. The third-order valence-corrected chi connectivity index (χ3v) is 3.61. The summed E-state index contributed by atoms with van der Waals surface area (Å²) in [5.74, 6) is 0.301. The Bertz CT molecular complexity index is 538. The normalized spacial score (nSPS) is 12.3. The van der Waals surface area contributed by atoms with Crippen molar-refractivity contribution in [3.8, 4) is 0 Å². The van der Waals surface area contributed by atoms with Gasteiger partial charge in [-0.05, 0) is 0 Å². The molecule has 1 rings (SSSR count). The number of hydrogen-bond acceptors (Lipinski definition) is 2. The number of rotatable bonds is 3. The van der Waals surface area contributed by atoms with Crippen LogP contribution in [0.2, 0.25) is 1.41 Å². The van der Waals surface area contributed by atoms with Crippen molar-refractivity contribution in [2.75, 3.05) is 7.05 Å². The molecule has 18 heavy (non-hydrogen) atoms. The van der Waals surface area contributed by atoms with Gasteiger partial charge in [-0.2, -0.15) is 0 Å². The van der Waals surface area contributed by atoms with Crippen LogP contribution in [0.4, 0.5) is 5.69 Å². The zero-order valence-electron chi connectivity index (χ0n) is 12.0. The van der Waals surface area contributed by atoms with Crippen molar-refractivity contribution in [2.45, 2.75) is 20.8 Å². The minimum atomic E-state index is 0.301. The number of benzene rings is 1. The Hall–Kier alpha value is -1.12. The molecule has 96 valence electrons. The third-order valence-electron chi connectivity index (χ3n) is 2.58. The monoisotopic (exact) mass is 414 g/mol. The van der Waals surface area contributed by atoms with Gasteiger partial charge in [-0.15, -0.1) is 0 Å². The first kappa shape index (κ1) is 13.3. The molecule has 0 amide bonds. The summed E-state index contributed by atoms with van der Waals surface area (Å²) < 4.78 is 8.13. The van der Waals surface area contributed by atoms with Crippen LogP contribution < -0.4 is 10.6 Å². The van der Waals surface area contributed by atoms with Gasteiger partial charge in [0.2, 0.25) is 0 Å². The second kappa shape index (κ2) is 6.72. The SMILES string of the molecule is [2H]N(C)[C](=[W])NC(N=[CH-])=Nc1cc(C)c(C)cc1C. The van der Waals surface area contributed by atoms with E-state index in [9.17, 15) is 0 Å². The standard InChI is InChI=1S/C13H17N4.W/c1-9-6-11(3)12(7-10(9)2)17-13(15-5)16-8-14-4;/h5-7,14H,1-4H3,(H,16,17);/q-1;/i14D;. The molecule has 0 aliphatic carbocycles. The van der Waals surface area contributed by atoms with Crippen LogP contribution in [0.3, 0.4) is 0 Å². The summed E-state index contributed by atoms with van der Waals surface area (Å²) in [6, 6.07) is 4.09. The van der Waals surface area contributed by atoms with Crippen molar-refractivity contribution in [3.63, 3.8) is 0 Å². The summed E-state index contributed by atoms with van der Waals surface area (Å²) in [5.41, 5.74) is 4.30. The first-order chi connectivity index (χ1) is 8.85. The van der Waals surface area contributed by atoms with Crippen LogP contribution in [0.1, 0.15) is 16.7 Å².